The number of hydrogen-bond acceptors (Lipinski definition) is 4. The van der Waals surface area contributed by atoms with Gasteiger partial charge in [0.1, 0.15) is 0 Å². The Morgan fingerprint density at radius 1 is 1.38 bits per heavy atom. The van der Waals surface area contributed by atoms with Crippen molar-refractivity contribution in [2.45, 2.75) is 25.9 Å². The molecule has 0 aliphatic rings. The first-order valence-corrected chi connectivity index (χ1v) is 7.48. The minimum absolute atomic E-state index is 0.214. The molecule has 0 saturated heterocycles. The molecule has 0 amide bonds. The monoisotopic (exact) mass is 279 g/mol. The normalized spacial score (nSPS) is 12.1. The first kappa shape index (κ1) is 14.2. The summed E-state index contributed by atoms with van der Waals surface area (Å²) < 4.78 is 21.4. The highest BCUT2D eigenvalue weighted by Gasteiger charge is 2.22. The molecule has 16 heavy (non-hydrogen) atoms. The highest BCUT2D eigenvalue weighted by Crippen LogP contribution is 2.54. The molecule has 0 aliphatic heterocycles. The molecule has 1 aromatic heterocycles. The molecule has 7 heteroatoms. The van der Waals surface area contributed by atoms with Crippen molar-refractivity contribution in [3.05, 3.63) is 29.6 Å². The van der Waals surface area contributed by atoms with Gasteiger partial charge >= 0.3 is 7.60 Å². The molecule has 0 aliphatic carbocycles. The zero-order chi connectivity index (χ0) is 12.2. The van der Waals surface area contributed by atoms with Crippen LogP contribution in [0.1, 0.15) is 31.0 Å². The Kier molecular flexibility index (Phi) is 5.50. The zero-order valence-electron chi connectivity index (χ0n) is 9.29. The van der Waals surface area contributed by atoms with Crippen LogP contribution in [0.3, 0.4) is 0 Å². The maximum absolute atomic E-state index is 11.8. The summed E-state index contributed by atoms with van der Waals surface area (Å²) in [5.41, 5.74) is 1.84. The minimum Gasteiger partial charge on any atom is -0.292 e. The summed E-state index contributed by atoms with van der Waals surface area (Å²) in [6.07, 6.45) is 1.92. The number of nitrogens with zero attached hydrogens (tertiary/aromatic N) is 1. The first-order valence-electron chi connectivity index (χ1n) is 4.81. The third-order valence-corrected chi connectivity index (χ3v) is 5.46. The average Bonchev–Trinajstić information content (AvgIpc) is 2.29. The third-order valence-electron chi connectivity index (χ3n) is 2.14. The summed E-state index contributed by atoms with van der Waals surface area (Å²) in [6.45, 7) is 4.15. The summed E-state index contributed by atoms with van der Waals surface area (Å²) in [7, 11) is 0.878. The van der Waals surface area contributed by atoms with Gasteiger partial charge < -0.3 is 0 Å². The largest absolute Gasteiger partial charge is 0.340 e. The predicted molar refractivity (Wildman–Crippen MR) is 71.2 cm³/mol. The molecule has 0 spiro atoms. The number of pyridine rings is 1. The first-order chi connectivity index (χ1) is 7.50. The van der Waals surface area contributed by atoms with E-state index >= 15 is 0 Å². The van der Waals surface area contributed by atoms with Crippen molar-refractivity contribution < 1.29 is 13.2 Å². The van der Waals surface area contributed by atoms with Crippen LogP contribution < -0.4 is 0 Å². The van der Waals surface area contributed by atoms with Crippen molar-refractivity contribution in [3.63, 3.8) is 0 Å². The van der Waals surface area contributed by atoms with E-state index in [0.29, 0.717) is 5.92 Å². The molecule has 1 heterocycles. The third kappa shape index (κ3) is 3.87. The van der Waals surface area contributed by atoms with Crippen LogP contribution in [0.25, 0.3) is 0 Å². The van der Waals surface area contributed by atoms with E-state index in [-0.39, 0.29) is 6.16 Å². The lowest BCUT2D eigenvalue weighted by molar-refractivity contribution is 0.429. The zero-order valence-corrected chi connectivity index (χ0v) is 12.5. The highest BCUT2D eigenvalue weighted by atomic mass is 31.2. The smallest absolute Gasteiger partial charge is 0.292 e. The van der Waals surface area contributed by atoms with Gasteiger partial charge in [0.15, 0.2) is 0 Å². The van der Waals surface area contributed by atoms with Gasteiger partial charge in [-0.15, -0.1) is 0 Å². The molecular weight excluding hydrogens is 263 g/mol. The minimum atomic E-state index is -3.06. The summed E-state index contributed by atoms with van der Waals surface area (Å²) in [5.74, 6) is 0.386. The molecular formula is C9H16NO3P3. The van der Waals surface area contributed by atoms with Crippen molar-refractivity contribution >= 4 is 26.5 Å². The molecule has 2 unspecified atom stereocenters. The molecule has 0 aromatic carbocycles. The van der Waals surface area contributed by atoms with E-state index in [1.54, 1.807) is 6.20 Å². The molecule has 0 bridgehead atoms. The standard InChI is InChI=1S/C9H16NO3P3/c1-7(2)9-4-3-8(5-10-9)6-16(11,12-14)13-15/h3-5,7H,6,14-15H2,1-2H3. The summed E-state index contributed by atoms with van der Waals surface area (Å²) in [4.78, 5) is 4.29. The van der Waals surface area contributed by atoms with Gasteiger partial charge in [-0.2, -0.15) is 0 Å². The molecule has 1 aromatic rings. The Morgan fingerprint density at radius 2 is 2.00 bits per heavy atom. The van der Waals surface area contributed by atoms with E-state index in [1.807, 2.05) is 31.1 Å². The number of hydrogen-bond donors (Lipinski definition) is 0. The van der Waals surface area contributed by atoms with E-state index in [1.165, 1.54) is 0 Å². The highest BCUT2D eigenvalue weighted by molar-refractivity contribution is 7.60. The molecule has 0 saturated carbocycles. The van der Waals surface area contributed by atoms with Crippen LogP contribution in [0.15, 0.2) is 18.3 Å². The Hall–Kier alpha value is 0.160. The van der Waals surface area contributed by atoms with E-state index in [2.05, 4.69) is 18.8 Å². The maximum Gasteiger partial charge on any atom is 0.340 e. The van der Waals surface area contributed by atoms with Crippen LogP contribution in [-0.4, -0.2) is 4.98 Å². The fraction of sp³-hybridized carbons (Fsp3) is 0.444. The molecule has 2 atom stereocenters. The molecule has 0 fully saturated rings. The van der Waals surface area contributed by atoms with Crippen LogP contribution in [0.5, 0.6) is 0 Å². The fourth-order valence-corrected chi connectivity index (χ4v) is 3.07. The van der Waals surface area contributed by atoms with E-state index in [0.717, 1.165) is 11.3 Å². The lowest BCUT2D eigenvalue weighted by Crippen LogP contribution is -1.95. The molecule has 0 N–H and O–H groups in total. The summed E-state index contributed by atoms with van der Waals surface area (Å²) in [6, 6.07) is 3.82. The lowest BCUT2D eigenvalue weighted by atomic mass is 10.1. The van der Waals surface area contributed by atoms with Crippen molar-refractivity contribution in [2.24, 2.45) is 0 Å². The van der Waals surface area contributed by atoms with E-state index in [4.69, 9.17) is 8.62 Å². The van der Waals surface area contributed by atoms with Crippen LogP contribution in [0.4, 0.5) is 0 Å². The van der Waals surface area contributed by atoms with Gasteiger partial charge in [-0.05, 0) is 17.5 Å². The SMILES string of the molecule is CC(C)c1ccc(CP(=O)(OP)OP)cn1. The molecule has 90 valence electrons. The second kappa shape index (κ2) is 6.19. The van der Waals surface area contributed by atoms with Crippen LogP contribution in [0.2, 0.25) is 0 Å². The van der Waals surface area contributed by atoms with Gasteiger partial charge in [-0.1, -0.05) is 19.9 Å². The molecule has 0 radical (unpaired) electrons. The van der Waals surface area contributed by atoms with Gasteiger partial charge in [0.05, 0.1) is 6.16 Å². The van der Waals surface area contributed by atoms with Gasteiger partial charge in [-0.3, -0.25) is 18.2 Å². The van der Waals surface area contributed by atoms with Gasteiger partial charge in [0.25, 0.3) is 0 Å². The van der Waals surface area contributed by atoms with Gasteiger partial charge in [0.2, 0.25) is 0 Å². The van der Waals surface area contributed by atoms with Crippen molar-refractivity contribution in [1.82, 2.24) is 4.98 Å². The fourth-order valence-electron chi connectivity index (χ4n) is 1.19. The maximum atomic E-state index is 11.8. The summed E-state index contributed by atoms with van der Waals surface area (Å²) in [5, 5.41) is 0. The van der Waals surface area contributed by atoms with E-state index < -0.39 is 7.60 Å². The Balaban J connectivity index is 2.79. The number of rotatable bonds is 5. The Morgan fingerprint density at radius 3 is 2.38 bits per heavy atom. The van der Waals surface area contributed by atoms with Crippen molar-refractivity contribution in [3.8, 4) is 0 Å². The second-order valence-electron chi connectivity index (χ2n) is 3.73. The van der Waals surface area contributed by atoms with Gasteiger partial charge in [0, 0.05) is 30.8 Å². The topological polar surface area (TPSA) is 48.4 Å². The summed E-state index contributed by atoms with van der Waals surface area (Å²) >= 11 is 0. The lowest BCUT2D eigenvalue weighted by Gasteiger charge is -2.13. The average molecular weight is 279 g/mol. The van der Waals surface area contributed by atoms with Crippen molar-refractivity contribution in [1.29, 1.82) is 0 Å². The van der Waals surface area contributed by atoms with Crippen molar-refractivity contribution in [2.75, 3.05) is 0 Å². The van der Waals surface area contributed by atoms with Gasteiger partial charge in [-0.25, -0.2) is 0 Å². The Bertz CT molecular complexity index is 372. The predicted octanol–water partition coefficient (Wildman–Crippen LogP) is 3.51. The molecule has 4 nitrogen and oxygen atoms in total. The molecule has 1 rings (SSSR count). The quantitative estimate of drug-likeness (QED) is 0.774. The van der Waals surface area contributed by atoms with Crippen LogP contribution in [-0.2, 0) is 19.3 Å². The Labute approximate surface area is 101 Å². The van der Waals surface area contributed by atoms with Crippen LogP contribution >= 0.6 is 26.5 Å². The second-order valence-corrected chi connectivity index (χ2v) is 6.95. The van der Waals surface area contributed by atoms with E-state index in [9.17, 15) is 4.57 Å². The van der Waals surface area contributed by atoms with Crippen LogP contribution in [0, 0.1) is 0 Å². The number of aromatic nitrogens is 1.